The number of rotatable bonds is 14. The van der Waals surface area contributed by atoms with E-state index in [1.165, 1.54) is 49.9 Å². The van der Waals surface area contributed by atoms with Gasteiger partial charge in [-0.05, 0) is 63.4 Å². The minimum Gasteiger partial charge on any atom is -0.481 e. The van der Waals surface area contributed by atoms with Crippen LogP contribution in [0, 0.1) is 5.41 Å². The summed E-state index contributed by atoms with van der Waals surface area (Å²) in [5.74, 6) is -4.07. The Balaban J connectivity index is 0.000000385. The number of nitrogens with zero attached hydrogens (tertiary/aromatic N) is 1. The Morgan fingerprint density at radius 2 is 1.12 bits per heavy atom. The van der Waals surface area contributed by atoms with Gasteiger partial charge in [-0.15, -0.1) is 0 Å². The number of aryl methyl sites for hydroxylation is 2. The third-order valence-corrected chi connectivity index (χ3v) is 5.61. The summed E-state index contributed by atoms with van der Waals surface area (Å²) in [7, 11) is 0. The minimum atomic E-state index is -1.74. The van der Waals surface area contributed by atoms with Crippen LogP contribution in [-0.2, 0) is 27.2 Å². The Bertz CT molecular complexity index is 808. The molecule has 0 aliphatic rings. The molecule has 7 nitrogen and oxygen atoms in total. The van der Waals surface area contributed by atoms with Crippen LogP contribution in [-0.4, -0.2) is 57.8 Å². The average Bonchev–Trinajstić information content (AvgIpc) is 2.79. The van der Waals surface area contributed by atoms with Gasteiger partial charge in [0.05, 0.1) is 18.3 Å². The Morgan fingerprint density at radius 1 is 0.735 bits per heavy atom. The molecule has 0 heterocycles. The van der Waals surface area contributed by atoms with Gasteiger partial charge in [-0.1, -0.05) is 67.6 Å². The average molecular weight is 472 g/mol. The fraction of sp³-hybridized carbons (Fsp3) is 0.444. The number of carboxylic acids is 3. The first-order valence-corrected chi connectivity index (χ1v) is 11.6. The van der Waals surface area contributed by atoms with Crippen molar-refractivity contribution in [3.05, 3.63) is 71.8 Å². The molecule has 0 spiro atoms. The molecule has 0 saturated heterocycles. The van der Waals surface area contributed by atoms with Gasteiger partial charge in [0.15, 0.2) is 0 Å². The molecular formula is C27H37NO6. The predicted octanol–water partition coefficient (Wildman–Crippen LogP) is 4.60. The predicted molar refractivity (Wildman–Crippen MR) is 132 cm³/mol. The number of aliphatic carboxylic acids is 3. The highest BCUT2D eigenvalue weighted by Gasteiger charge is 2.38. The van der Waals surface area contributed by atoms with Crippen molar-refractivity contribution in [1.29, 1.82) is 0 Å². The zero-order valence-corrected chi connectivity index (χ0v) is 20.2. The second-order valence-corrected chi connectivity index (χ2v) is 8.62. The van der Waals surface area contributed by atoms with Gasteiger partial charge < -0.3 is 20.2 Å². The molecular weight excluding hydrogens is 434 g/mol. The van der Waals surface area contributed by atoms with Crippen molar-refractivity contribution in [2.75, 3.05) is 19.6 Å². The zero-order chi connectivity index (χ0) is 25.4. The molecule has 2 rings (SSSR count). The summed E-state index contributed by atoms with van der Waals surface area (Å²) in [5.41, 5.74) is 1.17. The summed E-state index contributed by atoms with van der Waals surface area (Å²) >= 11 is 0. The van der Waals surface area contributed by atoms with Crippen molar-refractivity contribution in [2.45, 2.75) is 52.4 Å². The number of hydrogen-bond acceptors (Lipinski definition) is 4. The fourth-order valence-corrected chi connectivity index (χ4v) is 3.61. The lowest BCUT2D eigenvalue weighted by molar-refractivity contribution is -0.159. The number of carbonyl (C=O) groups is 3. The van der Waals surface area contributed by atoms with E-state index in [4.69, 9.17) is 15.3 Å². The molecule has 0 fully saturated rings. The standard InChI is InChI=1S/C20H27N.C7H10O6/c1-2-21(17-9-15-19-11-5-3-6-12-19)18-10-16-20-13-7-4-8-14-20;1-7(6(12)13,2-4(8)9)3-5(10)11/h3-8,11-14H,2,9-10,15-18H2,1H3;2-3H2,1H3,(H,8,9)(H,10,11)(H,12,13). The highest BCUT2D eigenvalue weighted by Crippen LogP contribution is 2.26. The van der Waals surface area contributed by atoms with E-state index in [1.807, 2.05) is 0 Å². The second kappa shape index (κ2) is 15.6. The minimum absolute atomic E-state index is 0.700. The second-order valence-electron chi connectivity index (χ2n) is 8.62. The Hall–Kier alpha value is -3.19. The molecule has 0 aliphatic heterocycles. The van der Waals surface area contributed by atoms with Crippen LogP contribution in [0.3, 0.4) is 0 Å². The number of benzene rings is 2. The molecule has 3 N–H and O–H groups in total. The monoisotopic (exact) mass is 471 g/mol. The quantitative estimate of drug-likeness (QED) is 0.369. The van der Waals surface area contributed by atoms with Crippen molar-refractivity contribution in [3.8, 4) is 0 Å². The molecule has 34 heavy (non-hydrogen) atoms. The van der Waals surface area contributed by atoms with Crippen molar-refractivity contribution < 1.29 is 29.7 Å². The summed E-state index contributed by atoms with van der Waals surface area (Å²) in [6.07, 6.45) is 3.49. The molecule has 0 aliphatic carbocycles. The van der Waals surface area contributed by atoms with E-state index in [0.717, 1.165) is 13.5 Å². The smallest absolute Gasteiger partial charge is 0.310 e. The maximum Gasteiger partial charge on any atom is 0.310 e. The van der Waals surface area contributed by atoms with E-state index in [0.29, 0.717) is 0 Å². The maximum atomic E-state index is 10.6. The van der Waals surface area contributed by atoms with E-state index >= 15 is 0 Å². The highest BCUT2D eigenvalue weighted by atomic mass is 16.4. The van der Waals surface area contributed by atoms with Crippen LogP contribution < -0.4 is 0 Å². The molecule has 0 aromatic heterocycles. The van der Waals surface area contributed by atoms with E-state index in [-0.39, 0.29) is 0 Å². The molecule has 2 aromatic rings. The molecule has 0 radical (unpaired) electrons. The topological polar surface area (TPSA) is 115 Å². The van der Waals surface area contributed by atoms with Gasteiger partial charge in [-0.2, -0.15) is 0 Å². The molecule has 186 valence electrons. The molecule has 0 saturated carbocycles. The zero-order valence-electron chi connectivity index (χ0n) is 20.2. The van der Waals surface area contributed by atoms with E-state index < -0.39 is 36.2 Å². The van der Waals surface area contributed by atoms with Crippen molar-refractivity contribution in [2.24, 2.45) is 5.41 Å². The van der Waals surface area contributed by atoms with E-state index in [2.05, 4.69) is 72.5 Å². The SMILES string of the molecule is CC(CC(=O)O)(CC(=O)O)C(=O)O.CCN(CCCc1ccccc1)CCCc1ccccc1. The van der Waals surface area contributed by atoms with Crippen LogP contribution >= 0.6 is 0 Å². The lowest BCUT2D eigenvalue weighted by Gasteiger charge is -2.20. The lowest BCUT2D eigenvalue weighted by atomic mass is 9.83. The molecule has 2 aromatic carbocycles. The maximum absolute atomic E-state index is 10.6. The summed E-state index contributed by atoms with van der Waals surface area (Å²) < 4.78 is 0. The van der Waals surface area contributed by atoms with Crippen LogP contribution in [0.4, 0.5) is 0 Å². The van der Waals surface area contributed by atoms with Gasteiger partial charge in [0.25, 0.3) is 0 Å². The van der Waals surface area contributed by atoms with Crippen molar-refractivity contribution >= 4 is 17.9 Å². The largest absolute Gasteiger partial charge is 0.481 e. The highest BCUT2D eigenvalue weighted by molar-refractivity contribution is 5.85. The van der Waals surface area contributed by atoms with Crippen LogP contribution in [0.2, 0.25) is 0 Å². The first-order valence-electron chi connectivity index (χ1n) is 11.6. The third-order valence-electron chi connectivity index (χ3n) is 5.61. The van der Waals surface area contributed by atoms with Gasteiger partial charge in [0.1, 0.15) is 0 Å². The fourth-order valence-electron chi connectivity index (χ4n) is 3.61. The van der Waals surface area contributed by atoms with E-state index in [1.54, 1.807) is 0 Å². The van der Waals surface area contributed by atoms with Gasteiger partial charge >= 0.3 is 17.9 Å². The van der Waals surface area contributed by atoms with Crippen LogP contribution in [0.1, 0.15) is 50.7 Å². The van der Waals surface area contributed by atoms with Crippen LogP contribution in [0.5, 0.6) is 0 Å². The van der Waals surface area contributed by atoms with Crippen LogP contribution in [0.15, 0.2) is 60.7 Å². The lowest BCUT2D eigenvalue weighted by Crippen LogP contribution is -2.32. The first kappa shape index (κ1) is 28.8. The number of carboxylic acid groups (broad SMARTS) is 3. The third kappa shape index (κ3) is 12.2. The van der Waals surface area contributed by atoms with Gasteiger partial charge in [0, 0.05) is 0 Å². The van der Waals surface area contributed by atoms with E-state index in [9.17, 15) is 14.4 Å². The Kier molecular flexibility index (Phi) is 13.2. The van der Waals surface area contributed by atoms with Crippen molar-refractivity contribution in [1.82, 2.24) is 4.90 Å². The molecule has 7 heteroatoms. The summed E-state index contributed by atoms with van der Waals surface area (Å²) in [4.78, 5) is 33.6. The normalized spacial score (nSPS) is 10.9. The first-order chi connectivity index (χ1) is 16.2. The van der Waals surface area contributed by atoms with Gasteiger partial charge in [-0.3, -0.25) is 14.4 Å². The van der Waals surface area contributed by atoms with Crippen LogP contribution in [0.25, 0.3) is 0 Å². The summed E-state index contributed by atoms with van der Waals surface area (Å²) in [5, 5.41) is 25.3. The molecule has 0 amide bonds. The van der Waals surface area contributed by atoms with Crippen molar-refractivity contribution in [3.63, 3.8) is 0 Å². The summed E-state index contributed by atoms with van der Waals surface area (Å²) in [6.45, 7) is 6.94. The summed E-state index contributed by atoms with van der Waals surface area (Å²) in [6, 6.07) is 21.6. The Morgan fingerprint density at radius 3 is 1.41 bits per heavy atom. The van der Waals surface area contributed by atoms with Gasteiger partial charge in [-0.25, -0.2) is 0 Å². The molecule has 0 atom stereocenters. The number of hydrogen-bond donors (Lipinski definition) is 3. The molecule has 0 bridgehead atoms. The molecule has 0 unspecified atom stereocenters. The van der Waals surface area contributed by atoms with Gasteiger partial charge in [0.2, 0.25) is 0 Å². The Labute approximate surface area is 202 Å².